The smallest absolute Gasteiger partial charge is 0.307 e. The summed E-state index contributed by atoms with van der Waals surface area (Å²) < 4.78 is 5.80. The van der Waals surface area contributed by atoms with Crippen LogP contribution in [0.4, 0.5) is 0 Å². The molecule has 2 aromatic rings. The number of aromatic amines is 1. The van der Waals surface area contributed by atoms with E-state index in [1.165, 1.54) is 32.4 Å². The maximum absolute atomic E-state index is 11.2. The van der Waals surface area contributed by atoms with Crippen LogP contribution < -0.4 is 9.61 Å². The van der Waals surface area contributed by atoms with E-state index in [1.807, 2.05) is 24.3 Å². The third-order valence-corrected chi connectivity index (χ3v) is 4.98. The molecule has 124 valence electrons. The first-order chi connectivity index (χ1) is 11.2. The quantitative estimate of drug-likeness (QED) is 0.852. The van der Waals surface area contributed by atoms with Gasteiger partial charge in [-0.05, 0) is 43.6 Å². The first kappa shape index (κ1) is 16.1. The summed E-state index contributed by atoms with van der Waals surface area (Å²) in [6, 6.07) is 7.83. The molecule has 1 aliphatic rings. The fraction of sp³-hybridized carbons (Fsp3) is 0.471. The SMILES string of the molecule is O=c1[nH]c(O)c(Cc2ccc(OCCN3CCCCC3)cc2)s1. The zero-order valence-corrected chi connectivity index (χ0v) is 13.9. The van der Waals surface area contributed by atoms with Gasteiger partial charge in [0.2, 0.25) is 5.88 Å². The Kier molecular flexibility index (Phi) is 5.35. The van der Waals surface area contributed by atoms with Gasteiger partial charge in [-0.3, -0.25) is 14.7 Å². The van der Waals surface area contributed by atoms with Gasteiger partial charge in [-0.15, -0.1) is 0 Å². The summed E-state index contributed by atoms with van der Waals surface area (Å²) in [5, 5.41) is 9.61. The summed E-state index contributed by atoms with van der Waals surface area (Å²) >= 11 is 1.05. The van der Waals surface area contributed by atoms with E-state index in [1.54, 1.807) is 0 Å². The van der Waals surface area contributed by atoms with Crippen molar-refractivity contribution in [1.29, 1.82) is 0 Å². The number of H-pyrrole nitrogens is 1. The average molecular weight is 334 g/mol. The van der Waals surface area contributed by atoms with Crippen LogP contribution in [-0.4, -0.2) is 41.2 Å². The number of hydrogen-bond donors (Lipinski definition) is 2. The van der Waals surface area contributed by atoms with Crippen molar-refractivity contribution in [3.63, 3.8) is 0 Å². The fourth-order valence-corrected chi connectivity index (χ4v) is 3.59. The van der Waals surface area contributed by atoms with Crippen molar-refractivity contribution < 1.29 is 9.84 Å². The lowest BCUT2D eigenvalue weighted by molar-refractivity contribution is 0.183. The number of hydrogen-bond acceptors (Lipinski definition) is 5. The minimum Gasteiger partial charge on any atom is -0.494 e. The molecule has 1 fully saturated rings. The minimum absolute atomic E-state index is 0.0261. The van der Waals surface area contributed by atoms with Crippen LogP contribution in [0.3, 0.4) is 0 Å². The van der Waals surface area contributed by atoms with Crippen molar-refractivity contribution in [2.45, 2.75) is 25.7 Å². The lowest BCUT2D eigenvalue weighted by Gasteiger charge is -2.26. The summed E-state index contributed by atoms with van der Waals surface area (Å²) in [5.41, 5.74) is 1.04. The van der Waals surface area contributed by atoms with Crippen molar-refractivity contribution in [3.05, 3.63) is 44.4 Å². The van der Waals surface area contributed by atoms with Crippen LogP contribution in [0.15, 0.2) is 29.1 Å². The number of nitrogens with one attached hydrogen (secondary N) is 1. The zero-order valence-electron chi connectivity index (χ0n) is 13.1. The largest absolute Gasteiger partial charge is 0.494 e. The second-order valence-electron chi connectivity index (χ2n) is 5.86. The van der Waals surface area contributed by atoms with Gasteiger partial charge in [0.1, 0.15) is 12.4 Å². The molecule has 0 unspecified atom stereocenters. The second-order valence-corrected chi connectivity index (χ2v) is 6.93. The molecule has 0 spiro atoms. The van der Waals surface area contributed by atoms with Crippen LogP contribution in [0.25, 0.3) is 0 Å². The Labute approximate surface area is 139 Å². The topological polar surface area (TPSA) is 65.6 Å². The normalized spacial score (nSPS) is 15.7. The highest BCUT2D eigenvalue weighted by atomic mass is 32.1. The van der Waals surface area contributed by atoms with E-state index in [0.717, 1.165) is 29.2 Å². The summed E-state index contributed by atoms with van der Waals surface area (Å²) in [6.07, 6.45) is 4.49. The third kappa shape index (κ3) is 4.59. The summed E-state index contributed by atoms with van der Waals surface area (Å²) in [5.74, 6) is 0.832. The van der Waals surface area contributed by atoms with Gasteiger partial charge < -0.3 is 9.84 Å². The van der Waals surface area contributed by atoms with Crippen molar-refractivity contribution in [2.75, 3.05) is 26.2 Å². The zero-order chi connectivity index (χ0) is 16.1. The molecule has 2 heterocycles. The van der Waals surface area contributed by atoms with Gasteiger partial charge in [-0.25, -0.2) is 0 Å². The third-order valence-electron chi connectivity index (χ3n) is 4.11. The van der Waals surface area contributed by atoms with Crippen molar-refractivity contribution in [1.82, 2.24) is 9.88 Å². The van der Waals surface area contributed by atoms with E-state index in [4.69, 9.17) is 4.74 Å². The van der Waals surface area contributed by atoms with Gasteiger partial charge in [0.15, 0.2) is 0 Å². The van der Waals surface area contributed by atoms with Crippen molar-refractivity contribution >= 4 is 11.3 Å². The highest BCUT2D eigenvalue weighted by Crippen LogP contribution is 2.21. The van der Waals surface area contributed by atoms with Gasteiger partial charge >= 0.3 is 4.87 Å². The summed E-state index contributed by atoms with van der Waals surface area (Å²) in [6.45, 7) is 4.06. The highest BCUT2D eigenvalue weighted by Gasteiger charge is 2.10. The van der Waals surface area contributed by atoms with Gasteiger partial charge in [0.05, 0.1) is 4.88 Å². The number of benzene rings is 1. The number of aromatic nitrogens is 1. The molecule has 0 radical (unpaired) electrons. The van der Waals surface area contributed by atoms with Gasteiger partial charge in [-0.1, -0.05) is 29.9 Å². The van der Waals surface area contributed by atoms with E-state index >= 15 is 0 Å². The molecule has 5 nitrogen and oxygen atoms in total. The molecule has 23 heavy (non-hydrogen) atoms. The molecule has 3 rings (SSSR count). The molecule has 1 aromatic carbocycles. The number of aromatic hydroxyl groups is 1. The lowest BCUT2D eigenvalue weighted by Crippen LogP contribution is -2.33. The maximum atomic E-state index is 11.2. The Morgan fingerprint density at radius 1 is 1.17 bits per heavy atom. The number of piperidine rings is 1. The van der Waals surface area contributed by atoms with E-state index in [-0.39, 0.29) is 10.8 Å². The predicted octanol–water partition coefficient (Wildman–Crippen LogP) is 2.60. The van der Waals surface area contributed by atoms with Crippen LogP contribution in [0.5, 0.6) is 11.6 Å². The standard InChI is InChI=1S/C17H22N2O3S/c20-16-15(23-17(21)18-16)12-13-4-6-14(7-5-13)22-11-10-19-8-2-1-3-9-19/h4-7,20H,1-3,8-12H2,(H,18,21). The molecule has 1 aromatic heterocycles. The minimum atomic E-state index is -0.227. The van der Waals surface area contributed by atoms with Crippen molar-refractivity contribution in [3.8, 4) is 11.6 Å². The molecule has 1 aliphatic heterocycles. The molecule has 6 heteroatoms. The molecule has 2 N–H and O–H groups in total. The van der Waals surface area contributed by atoms with E-state index in [0.29, 0.717) is 17.9 Å². The highest BCUT2D eigenvalue weighted by molar-refractivity contribution is 7.09. The lowest BCUT2D eigenvalue weighted by atomic mass is 10.1. The summed E-state index contributed by atoms with van der Waals surface area (Å²) in [7, 11) is 0. The van der Waals surface area contributed by atoms with Crippen molar-refractivity contribution in [2.24, 2.45) is 0 Å². The number of rotatable bonds is 6. The number of thiazole rings is 1. The van der Waals surface area contributed by atoms with Crippen LogP contribution in [0, 0.1) is 0 Å². The monoisotopic (exact) mass is 334 g/mol. The first-order valence-electron chi connectivity index (χ1n) is 8.06. The van der Waals surface area contributed by atoms with Crippen LogP contribution in [0.2, 0.25) is 0 Å². The average Bonchev–Trinajstić information content (AvgIpc) is 2.88. The molecule has 0 saturated carbocycles. The molecule has 1 saturated heterocycles. The van der Waals surface area contributed by atoms with Crippen LogP contribution >= 0.6 is 11.3 Å². The molecule has 0 aliphatic carbocycles. The van der Waals surface area contributed by atoms with Gasteiger partial charge in [0, 0.05) is 13.0 Å². The number of ether oxygens (including phenoxy) is 1. The fourth-order valence-electron chi connectivity index (χ4n) is 2.84. The van der Waals surface area contributed by atoms with Crippen LogP contribution in [0.1, 0.15) is 29.7 Å². The Morgan fingerprint density at radius 3 is 2.57 bits per heavy atom. The second kappa shape index (κ2) is 7.66. The van der Waals surface area contributed by atoms with Gasteiger partial charge in [-0.2, -0.15) is 0 Å². The van der Waals surface area contributed by atoms with Crippen LogP contribution in [-0.2, 0) is 6.42 Å². The molecule has 0 atom stereocenters. The number of likely N-dealkylation sites (tertiary alicyclic amines) is 1. The Morgan fingerprint density at radius 2 is 1.91 bits per heavy atom. The number of nitrogens with zero attached hydrogens (tertiary/aromatic N) is 1. The summed E-state index contributed by atoms with van der Waals surface area (Å²) in [4.78, 5) is 16.5. The van der Waals surface area contributed by atoms with Gasteiger partial charge in [0.25, 0.3) is 0 Å². The predicted molar refractivity (Wildman–Crippen MR) is 91.6 cm³/mol. The molecular weight excluding hydrogens is 312 g/mol. The Hall–Kier alpha value is -1.79. The Bertz CT molecular complexity index is 672. The Balaban J connectivity index is 1.48. The van der Waals surface area contributed by atoms with E-state index in [9.17, 15) is 9.90 Å². The van der Waals surface area contributed by atoms with E-state index < -0.39 is 0 Å². The van der Waals surface area contributed by atoms with E-state index in [2.05, 4.69) is 9.88 Å². The maximum Gasteiger partial charge on any atom is 0.307 e. The molecule has 0 amide bonds. The molecular formula is C17H22N2O3S. The first-order valence-corrected chi connectivity index (χ1v) is 8.87. The molecule has 0 bridgehead atoms.